The van der Waals surface area contributed by atoms with Gasteiger partial charge in [0.15, 0.2) is 0 Å². The largest absolute Gasteiger partial charge is 0.326 e. The van der Waals surface area contributed by atoms with Crippen LogP contribution < -0.4 is 5.32 Å². The Balaban J connectivity index is 1.56. The molecule has 1 aliphatic carbocycles. The van der Waals surface area contributed by atoms with Gasteiger partial charge in [-0.25, -0.2) is 4.98 Å². The standard InChI is InChI=1S/C23H27N3OS/c1-15(2)17-5-7-20(8-6-17)25-22(27)10-11-28-23-19(14-24)13-18-12-16(3)4-9-21(18)26-23/h5-8,13,15-16H,4,9-12H2,1-3H3,(H,25,27). The highest BCUT2D eigenvalue weighted by molar-refractivity contribution is 7.99. The van der Waals surface area contributed by atoms with Gasteiger partial charge in [-0.1, -0.05) is 32.9 Å². The zero-order valence-corrected chi connectivity index (χ0v) is 17.6. The Hall–Kier alpha value is -2.32. The molecule has 3 rings (SSSR count). The molecule has 146 valence electrons. The van der Waals surface area contributed by atoms with Crippen LogP contribution in [0.2, 0.25) is 0 Å². The fourth-order valence-corrected chi connectivity index (χ4v) is 4.35. The number of anilines is 1. The van der Waals surface area contributed by atoms with Gasteiger partial charge in [0.05, 0.1) is 5.56 Å². The molecule has 0 saturated carbocycles. The van der Waals surface area contributed by atoms with Crippen molar-refractivity contribution in [3.63, 3.8) is 0 Å². The number of nitrogens with zero attached hydrogens (tertiary/aromatic N) is 2. The van der Waals surface area contributed by atoms with E-state index in [1.54, 1.807) is 0 Å². The molecule has 0 radical (unpaired) electrons. The van der Waals surface area contributed by atoms with Crippen molar-refractivity contribution in [2.75, 3.05) is 11.1 Å². The zero-order chi connectivity index (χ0) is 20.1. The Labute approximate surface area is 171 Å². The van der Waals surface area contributed by atoms with E-state index in [9.17, 15) is 10.1 Å². The van der Waals surface area contributed by atoms with Gasteiger partial charge < -0.3 is 5.32 Å². The summed E-state index contributed by atoms with van der Waals surface area (Å²) in [5.41, 5.74) is 5.03. The minimum Gasteiger partial charge on any atom is -0.326 e. The molecule has 1 atom stereocenters. The smallest absolute Gasteiger partial charge is 0.225 e. The number of fused-ring (bicyclic) bond motifs is 1. The molecule has 1 amide bonds. The van der Waals surface area contributed by atoms with Crippen molar-refractivity contribution in [1.82, 2.24) is 4.98 Å². The number of hydrogen-bond acceptors (Lipinski definition) is 4. The fourth-order valence-electron chi connectivity index (χ4n) is 3.43. The second-order valence-corrected chi connectivity index (χ2v) is 8.91. The molecule has 1 aliphatic rings. The Kier molecular flexibility index (Phi) is 6.74. The number of aromatic nitrogens is 1. The van der Waals surface area contributed by atoms with Crippen molar-refractivity contribution in [3.05, 3.63) is 52.7 Å². The number of aryl methyl sites for hydroxylation is 1. The first kappa shape index (κ1) is 20.4. The molecule has 2 aromatic rings. The van der Waals surface area contributed by atoms with E-state index in [4.69, 9.17) is 4.98 Å². The first-order valence-electron chi connectivity index (χ1n) is 9.91. The van der Waals surface area contributed by atoms with Crippen molar-refractivity contribution < 1.29 is 4.79 Å². The maximum Gasteiger partial charge on any atom is 0.225 e. The Morgan fingerprint density at radius 1 is 1.36 bits per heavy atom. The molecule has 1 unspecified atom stereocenters. The van der Waals surface area contributed by atoms with Gasteiger partial charge in [-0.3, -0.25) is 4.79 Å². The molecule has 28 heavy (non-hydrogen) atoms. The van der Waals surface area contributed by atoms with Gasteiger partial charge in [0.2, 0.25) is 5.91 Å². The summed E-state index contributed by atoms with van der Waals surface area (Å²) >= 11 is 1.50. The van der Waals surface area contributed by atoms with E-state index in [2.05, 4.69) is 32.2 Å². The molecule has 0 bridgehead atoms. The zero-order valence-electron chi connectivity index (χ0n) is 16.8. The van der Waals surface area contributed by atoms with Crippen molar-refractivity contribution in [3.8, 4) is 6.07 Å². The molecule has 1 N–H and O–H groups in total. The highest BCUT2D eigenvalue weighted by atomic mass is 32.2. The molecule has 1 aromatic heterocycles. The van der Waals surface area contributed by atoms with E-state index in [0.717, 1.165) is 35.7 Å². The van der Waals surface area contributed by atoms with Crippen LogP contribution in [-0.4, -0.2) is 16.6 Å². The lowest BCUT2D eigenvalue weighted by molar-refractivity contribution is -0.115. The average Bonchev–Trinajstić information content (AvgIpc) is 2.68. The molecule has 0 spiro atoms. The summed E-state index contributed by atoms with van der Waals surface area (Å²) in [5.74, 6) is 1.71. The monoisotopic (exact) mass is 393 g/mol. The molecular weight excluding hydrogens is 366 g/mol. The van der Waals surface area contributed by atoms with Crippen molar-refractivity contribution in [2.45, 2.75) is 57.4 Å². The molecule has 1 heterocycles. The van der Waals surface area contributed by atoms with Gasteiger partial charge >= 0.3 is 0 Å². The summed E-state index contributed by atoms with van der Waals surface area (Å²) in [6.45, 7) is 6.54. The average molecular weight is 394 g/mol. The van der Waals surface area contributed by atoms with Crippen LogP contribution in [0.4, 0.5) is 5.69 Å². The quantitative estimate of drug-likeness (QED) is 0.674. The van der Waals surface area contributed by atoms with E-state index in [1.165, 1.54) is 22.9 Å². The predicted octanol–water partition coefficient (Wildman–Crippen LogP) is 5.32. The minimum absolute atomic E-state index is 0.0184. The third-order valence-corrected chi connectivity index (χ3v) is 6.14. The topological polar surface area (TPSA) is 65.8 Å². The second kappa shape index (κ2) is 9.25. The summed E-state index contributed by atoms with van der Waals surface area (Å²) in [4.78, 5) is 17.0. The number of carbonyl (C=O) groups excluding carboxylic acids is 1. The third-order valence-electron chi connectivity index (χ3n) is 5.15. The number of benzene rings is 1. The number of pyridine rings is 1. The van der Waals surface area contributed by atoms with Gasteiger partial charge in [-0.15, -0.1) is 11.8 Å². The summed E-state index contributed by atoms with van der Waals surface area (Å²) < 4.78 is 0. The van der Waals surface area contributed by atoms with Crippen LogP contribution >= 0.6 is 11.8 Å². The van der Waals surface area contributed by atoms with E-state index >= 15 is 0 Å². The normalized spacial score (nSPS) is 15.8. The SMILES string of the molecule is CC1CCc2nc(SCCC(=O)Nc3ccc(C(C)C)cc3)c(C#N)cc2C1. The second-order valence-electron chi connectivity index (χ2n) is 7.83. The molecule has 0 fully saturated rings. The fraction of sp³-hybridized carbons (Fsp3) is 0.435. The van der Waals surface area contributed by atoms with Gasteiger partial charge in [0, 0.05) is 23.6 Å². The number of rotatable bonds is 6. The van der Waals surface area contributed by atoms with Gasteiger partial charge in [-0.05, 0) is 60.4 Å². The van der Waals surface area contributed by atoms with Crippen LogP contribution in [0.25, 0.3) is 0 Å². The minimum atomic E-state index is -0.0184. The summed E-state index contributed by atoms with van der Waals surface area (Å²) in [7, 11) is 0. The molecule has 0 aliphatic heterocycles. The van der Waals surface area contributed by atoms with Crippen LogP contribution in [0.5, 0.6) is 0 Å². The van der Waals surface area contributed by atoms with Crippen LogP contribution in [0.3, 0.4) is 0 Å². The van der Waals surface area contributed by atoms with Crippen molar-refractivity contribution in [1.29, 1.82) is 5.26 Å². The Morgan fingerprint density at radius 3 is 2.79 bits per heavy atom. The van der Waals surface area contributed by atoms with E-state index < -0.39 is 0 Å². The number of nitriles is 1. The van der Waals surface area contributed by atoms with Crippen LogP contribution in [-0.2, 0) is 17.6 Å². The number of carbonyl (C=O) groups is 1. The predicted molar refractivity (Wildman–Crippen MR) is 115 cm³/mol. The first-order valence-corrected chi connectivity index (χ1v) is 10.9. The molecule has 4 nitrogen and oxygen atoms in total. The van der Waals surface area contributed by atoms with Crippen LogP contribution in [0.1, 0.15) is 61.9 Å². The lowest BCUT2D eigenvalue weighted by Crippen LogP contribution is -2.14. The van der Waals surface area contributed by atoms with Crippen LogP contribution in [0, 0.1) is 17.2 Å². The maximum atomic E-state index is 12.2. The van der Waals surface area contributed by atoms with E-state index in [0.29, 0.717) is 29.6 Å². The lowest BCUT2D eigenvalue weighted by Gasteiger charge is -2.21. The van der Waals surface area contributed by atoms with E-state index in [-0.39, 0.29) is 5.91 Å². The number of thioether (sulfide) groups is 1. The van der Waals surface area contributed by atoms with Crippen LogP contribution in [0.15, 0.2) is 35.4 Å². The Morgan fingerprint density at radius 2 is 2.11 bits per heavy atom. The van der Waals surface area contributed by atoms with E-state index in [1.807, 2.05) is 30.3 Å². The third kappa shape index (κ3) is 5.14. The molecule has 0 saturated heterocycles. The van der Waals surface area contributed by atoms with Gasteiger partial charge in [0.25, 0.3) is 0 Å². The maximum absolute atomic E-state index is 12.2. The molecular formula is C23H27N3OS. The highest BCUT2D eigenvalue weighted by Gasteiger charge is 2.19. The number of hydrogen-bond donors (Lipinski definition) is 1. The molecule has 5 heteroatoms. The first-order chi connectivity index (χ1) is 13.5. The Bertz CT molecular complexity index is 884. The molecule has 1 aromatic carbocycles. The number of amides is 1. The lowest BCUT2D eigenvalue weighted by atomic mass is 9.87. The number of nitrogens with one attached hydrogen (secondary N) is 1. The van der Waals surface area contributed by atoms with Gasteiger partial charge in [-0.2, -0.15) is 5.26 Å². The van der Waals surface area contributed by atoms with Crippen molar-refractivity contribution in [2.24, 2.45) is 5.92 Å². The summed E-state index contributed by atoms with van der Waals surface area (Å²) in [6, 6.07) is 12.3. The summed E-state index contributed by atoms with van der Waals surface area (Å²) in [6.07, 6.45) is 3.51. The summed E-state index contributed by atoms with van der Waals surface area (Å²) in [5, 5.41) is 13.2. The van der Waals surface area contributed by atoms with Crippen molar-refractivity contribution >= 4 is 23.4 Å². The van der Waals surface area contributed by atoms with Gasteiger partial charge in [0.1, 0.15) is 11.1 Å². The highest BCUT2D eigenvalue weighted by Crippen LogP contribution is 2.29.